The lowest BCUT2D eigenvalue weighted by molar-refractivity contribution is -0.151. The molecule has 65 heavy (non-hydrogen) atoms. The summed E-state index contributed by atoms with van der Waals surface area (Å²) in [6.07, 6.45) is 67.9. The lowest BCUT2D eigenvalue weighted by Crippen LogP contribution is -2.46. The van der Waals surface area contributed by atoms with Crippen LogP contribution in [0.5, 0.6) is 0 Å². The van der Waals surface area contributed by atoms with Crippen LogP contribution in [0.4, 0.5) is 0 Å². The first kappa shape index (κ1) is 62.0. The van der Waals surface area contributed by atoms with Gasteiger partial charge in [0.2, 0.25) is 5.91 Å². The average Bonchev–Trinajstić information content (AvgIpc) is 3.30. The highest BCUT2D eigenvalue weighted by Gasteiger charge is 2.24. The summed E-state index contributed by atoms with van der Waals surface area (Å²) in [6.45, 7) is 6.30. The maximum Gasteiger partial charge on any atom is 0.306 e. The van der Waals surface area contributed by atoms with Gasteiger partial charge in [-0.2, -0.15) is 0 Å². The van der Waals surface area contributed by atoms with E-state index in [9.17, 15) is 19.8 Å². The van der Waals surface area contributed by atoms with Crippen molar-refractivity contribution in [3.05, 3.63) is 85.1 Å². The minimum absolute atomic E-state index is 0.0238. The van der Waals surface area contributed by atoms with Crippen LogP contribution in [0.3, 0.4) is 0 Å². The first-order chi connectivity index (χ1) is 32.0. The smallest absolute Gasteiger partial charge is 0.306 e. The number of allylic oxidation sites excluding steroid dienone is 14. The third-order valence-electron chi connectivity index (χ3n) is 12.1. The van der Waals surface area contributed by atoms with E-state index in [1.807, 2.05) is 48.6 Å². The number of ether oxygens (including phenoxy) is 1. The normalized spacial score (nSPS) is 13.9. The van der Waals surface area contributed by atoms with Crippen LogP contribution in [0.25, 0.3) is 0 Å². The Hall–Kier alpha value is -2.96. The Balaban J connectivity index is 4.62. The van der Waals surface area contributed by atoms with Gasteiger partial charge in [0.05, 0.1) is 25.2 Å². The third kappa shape index (κ3) is 47.3. The second-order valence-corrected chi connectivity index (χ2v) is 18.4. The fraction of sp³-hybridized carbons (Fsp3) is 0.729. The molecule has 3 N–H and O–H groups in total. The third-order valence-corrected chi connectivity index (χ3v) is 12.1. The van der Waals surface area contributed by atoms with Crippen molar-refractivity contribution in [2.24, 2.45) is 0 Å². The largest absolute Gasteiger partial charge is 0.462 e. The number of hydrogen-bond acceptors (Lipinski definition) is 5. The van der Waals surface area contributed by atoms with Crippen LogP contribution in [-0.4, -0.2) is 46.9 Å². The zero-order valence-corrected chi connectivity index (χ0v) is 42.6. The zero-order chi connectivity index (χ0) is 47.4. The molecule has 0 aliphatic carbocycles. The zero-order valence-electron chi connectivity index (χ0n) is 42.6. The predicted octanol–water partition coefficient (Wildman–Crippen LogP) is 16.7. The highest BCUT2D eigenvalue weighted by Crippen LogP contribution is 2.17. The lowest BCUT2D eigenvalue weighted by atomic mass is 10.0. The van der Waals surface area contributed by atoms with Gasteiger partial charge in [-0.1, -0.05) is 254 Å². The molecular weight excluding hydrogens is 803 g/mol. The highest BCUT2D eigenvalue weighted by molar-refractivity contribution is 5.77. The Bertz CT molecular complexity index is 1250. The van der Waals surface area contributed by atoms with Crippen molar-refractivity contribution < 1.29 is 24.5 Å². The summed E-state index contributed by atoms with van der Waals surface area (Å²) in [5, 5.41) is 23.8. The molecule has 0 fully saturated rings. The van der Waals surface area contributed by atoms with Gasteiger partial charge < -0.3 is 20.3 Å². The monoisotopic (exact) mass is 906 g/mol. The number of nitrogens with one attached hydrogen (secondary N) is 1. The molecule has 0 saturated carbocycles. The van der Waals surface area contributed by atoms with E-state index >= 15 is 0 Å². The molecule has 0 spiro atoms. The molecule has 0 saturated heterocycles. The molecule has 0 rings (SSSR count). The summed E-state index contributed by atoms with van der Waals surface area (Å²) in [6, 6.07) is -0.729. The summed E-state index contributed by atoms with van der Waals surface area (Å²) in [5.74, 6) is -0.551. The fourth-order valence-electron chi connectivity index (χ4n) is 7.96. The molecule has 0 heterocycles. The minimum Gasteiger partial charge on any atom is -0.462 e. The molecule has 0 aliphatic heterocycles. The molecule has 6 heteroatoms. The summed E-state index contributed by atoms with van der Waals surface area (Å²) >= 11 is 0. The van der Waals surface area contributed by atoms with Crippen LogP contribution in [0.1, 0.15) is 252 Å². The molecule has 3 atom stereocenters. The van der Waals surface area contributed by atoms with Crippen LogP contribution in [0.15, 0.2) is 85.1 Å². The highest BCUT2D eigenvalue weighted by atomic mass is 16.5. The molecule has 6 nitrogen and oxygen atoms in total. The standard InChI is InChI=1S/C59H103NO5/c1-4-7-10-13-16-19-22-25-27-28-29-30-31-34-37-40-43-46-49-52-59(64)65-55(50-47-44-41-38-35-32-24-21-18-15-12-9-6-3)53-58(63)60-56(54-61)57(62)51-48-45-42-39-36-33-26-23-20-17-14-11-8-5-2/h9,12,15-16,18-19,21,24-25,27,32,35,38,41,55-57,61-62H,4-8,10-11,13-14,17,20,22-23,26,28-31,33-34,36-37,39-40,42-54H2,1-3H3,(H,60,63)/b12-9+,18-15+,19-16-,24-21-,27-25-,35-32-,41-38+. The SMILES string of the molecule is CC/C=C/C=C/C=C\C=C/C=C/CCCC(CC(=O)NC(CO)C(O)CCCCCCCCCCCCCCCC)OC(=O)CCCCCCCCCCC/C=C\C/C=C\CCCCC. The summed E-state index contributed by atoms with van der Waals surface area (Å²) < 4.78 is 5.91. The number of aliphatic hydroxyl groups excluding tert-OH is 2. The van der Waals surface area contributed by atoms with Crippen molar-refractivity contribution in [3.63, 3.8) is 0 Å². The number of amides is 1. The van der Waals surface area contributed by atoms with Crippen molar-refractivity contribution in [2.75, 3.05) is 6.61 Å². The number of aliphatic hydroxyl groups is 2. The van der Waals surface area contributed by atoms with Gasteiger partial charge >= 0.3 is 5.97 Å². The molecular formula is C59H103NO5. The first-order valence-electron chi connectivity index (χ1n) is 27.4. The summed E-state index contributed by atoms with van der Waals surface area (Å²) in [7, 11) is 0. The maximum atomic E-state index is 13.2. The predicted molar refractivity (Wildman–Crippen MR) is 282 cm³/mol. The van der Waals surface area contributed by atoms with E-state index < -0.39 is 18.2 Å². The van der Waals surface area contributed by atoms with E-state index in [-0.39, 0.29) is 24.9 Å². The topological polar surface area (TPSA) is 95.9 Å². The van der Waals surface area contributed by atoms with Gasteiger partial charge in [-0.3, -0.25) is 9.59 Å². The maximum absolute atomic E-state index is 13.2. The molecule has 0 bridgehead atoms. The van der Waals surface area contributed by atoms with Crippen molar-refractivity contribution in [1.29, 1.82) is 0 Å². The first-order valence-corrected chi connectivity index (χ1v) is 27.4. The number of esters is 1. The second-order valence-electron chi connectivity index (χ2n) is 18.4. The van der Waals surface area contributed by atoms with Crippen molar-refractivity contribution >= 4 is 11.9 Å². The Morgan fingerprint density at radius 2 is 0.908 bits per heavy atom. The van der Waals surface area contributed by atoms with E-state index in [1.165, 1.54) is 141 Å². The molecule has 3 unspecified atom stereocenters. The van der Waals surface area contributed by atoms with Crippen molar-refractivity contribution in [1.82, 2.24) is 5.32 Å². The number of carbonyl (C=O) groups is 2. The number of unbranched alkanes of at least 4 members (excludes halogenated alkanes) is 26. The molecule has 0 aromatic rings. The molecule has 374 valence electrons. The van der Waals surface area contributed by atoms with Crippen LogP contribution in [-0.2, 0) is 14.3 Å². The Labute approximate surface area is 402 Å². The lowest BCUT2D eigenvalue weighted by Gasteiger charge is -2.24. The number of rotatable bonds is 48. The van der Waals surface area contributed by atoms with Crippen molar-refractivity contribution in [2.45, 2.75) is 270 Å². The van der Waals surface area contributed by atoms with Gasteiger partial charge in [0.15, 0.2) is 0 Å². The summed E-state index contributed by atoms with van der Waals surface area (Å²) in [4.78, 5) is 26.2. The van der Waals surface area contributed by atoms with Gasteiger partial charge in [-0.15, -0.1) is 0 Å². The van der Waals surface area contributed by atoms with Gasteiger partial charge in [0, 0.05) is 6.42 Å². The second kappa shape index (κ2) is 52.0. The molecule has 0 aliphatic rings. The quantitative estimate of drug-likeness (QED) is 0.0245. The Kier molecular flexibility index (Phi) is 49.6. The van der Waals surface area contributed by atoms with Gasteiger partial charge in [0.1, 0.15) is 6.10 Å². The van der Waals surface area contributed by atoms with E-state index in [2.05, 4.69) is 62.5 Å². The fourth-order valence-corrected chi connectivity index (χ4v) is 7.96. The summed E-state index contributed by atoms with van der Waals surface area (Å²) in [5.41, 5.74) is 0. The molecule has 0 radical (unpaired) electrons. The van der Waals surface area contributed by atoms with E-state index in [0.717, 1.165) is 64.2 Å². The van der Waals surface area contributed by atoms with E-state index in [1.54, 1.807) is 0 Å². The van der Waals surface area contributed by atoms with E-state index in [4.69, 9.17) is 4.74 Å². The van der Waals surface area contributed by atoms with Gasteiger partial charge in [-0.25, -0.2) is 0 Å². The van der Waals surface area contributed by atoms with Crippen LogP contribution < -0.4 is 5.32 Å². The van der Waals surface area contributed by atoms with Crippen molar-refractivity contribution in [3.8, 4) is 0 Å². The molecule has 1 amide bonds. The number of hydrogen-bond donors (Lipinski definition) is 3. The van der Waals surface area contributed by atoms with Crippen LogP contribution >= 0.6 is 0 Å². The molecule has 0 aromatic heterocycles. The Morgan fingerprint density at radius 3 is 1.43 bits per heavy atom. The van der Waals surface area contributed by atoms with Gasteiger partial charge in [-0.05, 0) is 70.6 Å². The van der Waals surface area contributed by atoms with Crippen LogP contribution in [0, 0.1) is 0 Å². The van der Waals surface area contributed by atoms with Gasteiger partial charge in [0.25, 0.3) is 0 Å². The minimum atomic E-state index is -0.811. The molecule has 0 aromatic carbocycles. The van der Waals surface area contributed by atoms with Crippen LogP contribution in [0.2, 0.25) is 0 Å². The average molecular weight is 906 g/mol. The Morgan fingerprint density at radius 1 is 0.477 bits per heavy atom. The van der Waals surface area contributed by atoms with E-state index in [0.29, 0.717) is 19.3 Å². The number of carbonyl (C=O) groups excluding carboxylic acids is 2.